The smallest absolute Gasteiger partial charge is 0.225 e. The summed E-state index contributed by atoms with van der Waals surface area (Å²) in [5, 5.41) is 18.8. The Kier molecular flexibility index (Phi) is 5.92. The number of hydrogen-bond donors (Lipinski definition) is 2. The molecule has 1 fully saturated rings. The van der Waals surface area contributed by atoms with Crippen LogP contribution in [0.2, 0.25) is 0 Å². The monoisotopic (exact) mass is 243 g/mol. The molecule has 0 heterocycles. The first-order chi connectivity index (χ1) is 8.00. The molecule has 1 amide bonds. The molecule has 2 unspecified atom stereocenters. The fraction of sp³-hybridized carbons (Fsp3) is 0.923. The normalized spacial score (nSPS) is 20.9. The molecule has 0 bridgehead atoms. The summed E-state index contributed by atoms with van der Waals surface area (Å²) in [7, 11) is 0. The second-order valence-electron chi connectivity index (χ2n) is 5.28. The summed E-state index contributed by atoms with van der Waals surface area (Å²) in [5.41, 5.74) is 0. The molecule has 100 valence electrons. The molecule has 17 heavy (non-hydrogen) atoms. The molecule has 1 aliphatic rings. The van der Waals surface area contributed by atoms with Gasteiger partial charge in [-0.25, -0.2) is 0 Å². The summed E-state index contributed by atoms with van der Waals surface area (Å²) in [6, 6.07) is 0. The Morgan fingerprint density at radius 1 is 1.12 bits per heavy atom. The lowest BCUT2D eigenvalue weighted by Gasteiger charge is -2.31. The number of carbonyl (C=O) groups is 1. The van der Waals surface area contributed by atoms with Gasteiger partial charge in [0.1, 0.15) is 0 Å². The van der Waals surface area contributed by atoms with Crippen LogP contribution in [0.15, 0.2) is 0 Å². The van der Waals surface area contributed by atoms with Crippen molar-refractivity contribution in [2.24, 2.45) is 5.92 Å². The van der Waals surface area contributed by atoms with E-state index in [0.29, 0.717) is 13.1 Å². The highest BCUT2D eigenvalue weighted by atomic mass is 16.3. The fourth-order valence-electron chi connectivity index (χ4n) is 2.50. The third-order valence-corrected chi connectivity index (χ3v) is 3.24. The van der Waals surface area contributed by atoms with Gasteiger partial charge in [0.25, 0.3) is 0 Å². The predicted octanol–water partition coefficient (Wildman–Crippen LogP) is 1.16. The maximum Gasteiger partial charge on any atom is 0.225 e. The van der Waals surface area contributed by atoms with Crippen LogP contribution in [-0.4, -0.2) is 46.3 Å². The highest BCUT2D eigenvalue weighted by Crippen LogP contribution is 2.25. The standard InChI is InChI=1S/C13H25NO3/c1-10(15)8-14(9-11(2)16)13(17)12-6-4-3-5-7-12/h10-12,15-16H,3-9H2,1-2H3. The molecule has 0 radical (unpaired) electrons. The van der Waals surface area contributed by atoms with Crippen LogP contribution in [0.4, 0.5) is 0 Å². The summed E-state index contributed by atoms with van der Waals surface area (Å²) in [5.74, 6) is 0.202. The maximum absolute atomic E-state index is 12.3. The van der Waals surface area contributed by atoms with Gasteiger partial charge in [0.05, 0.1) is 12.2 Å². The van der Waals surface area contributed by atoms with Crippen LogP contribution in [0.3, 0.4) is 0 Å². The summed E-state index contributed by atoms with van der Waals surface area (Å²) < 4.78 is 0. The molecule has 0 aromatic rings. The molecule has 0 saturated heterocycles. The topological polar surface area (TPSA) is 60.8 Å². The van der Waals surface area contributed by atoms with Crippen molar-refractivity contribution in [3.63, 3.8) is 0 Å². The molecule has 2 atom stereocenters. The fourth-order valence-corrected chi connectivity index (χ4v) is 2.50. The lowest BCUT2D eigenvalue weighted by atomic mass is 9.88. The Bertz CT molecular complexity index is 225. The van der Waals surface area contributed by atoms with Crippen LogP contribution in [0.5, 0.6) is 0 Å². The van der Waals surface area contributed by atoms with E-state index in [0.717, 1.165) is 25.7 Å². The molecule has 4 nitrogen and oxygen atoms in total. The van der Waals surface area contributed by atoms with Gasteiger partial charge < -0.3 is 15.1 Å². The van der Waals surface area contributed by atoms with Crippen molar-refractivity contribution in [3.8, 4) is 0 Å². The Balaban J connectivity index is 2.56. The minimum atomic E-state index is -0.540. The van der Waals surface area contributed by atoms with E-state index in [9.17, 15) is 15.0 Å². The molecule has 0 aliphatic heterocycles. The minimum Gasteiger partial charge on any atom is -0.392 e. The predicted molar refractivity (Wildman–Crippen MR) is 66.5 cm³/mol. The number of nitrogens with zero attached hydrogens (tertiary/aromatic N) is 1. The molecule has 1 rings (SSSR count). The Morgan fingerprint density at radius 2 is 1.59 bits per heavy atom. The van der Waals surface area contributed by atoms with Gasteiger partial charge in [-0.2, -0.15) is 0 Å². The molecule has 0 aromatic heterocycles. The van der Waals surface area contributed by atoms with Crippen LogP contribution in [-0.2, 0) is 4.79 Å². The number of aliphatic hydroxyl groups excluding tert-OH is 2. The van der Waals surface area contributed by atoms with E-state index in [1.807, 2.05) is 0 Å². The summed E-state index contributed by atoms with van der Waals surface area (Å²) in [6.45, 7) is 3.98. The van der Waals surface area contributed by atoms with Gasteiger partial charge in [0, 0.05) is 19.0 Å². The third-order valence-electron chi connectivity index (χ3n) is 3.24. The van der Waals surface area contributed by atoms with Crippen LogP contribution in [0.1, 0.15) is 46.0 Å². The Morgan fingerprint density at radius 3 is 2.00 bits per heavy atom. The lowest BCUT2D eigenvalue weighted by Crippen LogP contribution is -2.44. The van der Waals surface area contributed by atoms with Crippen LogP contribution < -0.4 is 0 Å². The maximum atomic E-state index is 12.3. The molecule has 0 spiro atoms. The van der Waals surface area contributed by atoms with Gasteiger partial charge in [0.15, 0.2) is 0 Å². The molecule has 1 saturated carbocycles. The number of aliphatic hydroxyl groups is 2. The number of hydrogen-bond acceptors (Lipinski definition) is 3. The average Bonchev–Trinajstić information content (AvgIpc) is 2.27. The van der Waals surface area contributed by atoms with Gasteiger partial charge in [-0.1, -0.05) is 19.3 Å². The van der Waals surface area contributed by atoms with E-state index in [1.54, 1.807) is 18.7 Å². The Labute approximate surface area is 104 Å². The van der Waals surface area contributed by atoms with Crippen molar-refractivity contribution in [2.75, 3.05) is 13.1 Å². The first-order valence-electron chi connectivity index (χ1n) is 6.65. The van der Waals surface area contributed by atoms with E-state index in [4.69, 9.17) is 0 Å². The van der Waals surface area contributed by atoms with E-state index in [-0.39, 0.29) is 11.8 Å². The number of carbonyl (C=O) groups excluding carboxylic acids is 1. The largest absolute Gasteiger partial charge is 0.392 e. The SMILES string of the molecule is CC(O)CN(CC(C)O)C(=O)C1CCCCC1. The quantitative estimate of drug-likeness (QED) is 0.761. The van der Waals surface area contributed by atoms with Crippen molar-refractivity contribution in [3.05, 3.63) is 0 Å². The van der Waals surface area contributed by atoms with Crippen molar-refractivity contribution in [1.29, 1.82) is 0 Å². The molecule has 2 N–H and O–H groups in total. The lowest BCUT2D eigenvalue weighted by molar-refractivity contribution is -0.139. The molecule has 1 aliphatic carbocycles. The molecular formula is C13H25NO3. The van der Waals surface area contributed by atoms with Gasteiger partial charge >= 0.3 is 0 Å². The molecular weight excluding hydrogens is 218 g/mol. The summed E-state index contributed by atoms with van der Waals surface area (Å²) >= 11 is 0. The summed E-state index contributed by atoms with van der Waals surface area (Å²) in [4.78, 5) is 13.9. The minimum absolute atomic E-state index is 0.0984. The summed E-state index contributed by atoms with van der Waals surface area (Å²) in [6.07, 6.45) is 4.28. The van der Waals surface area contributed by atoms with Crippen molar-refractivity contribution < 1.29 is 15.0 Å². The van der Waals surface area contributed by atoms with E-state index >= 15 is 0 Å². The average molecular weight is 243 g/mol. The van der Waals surface area contributed by atoms with Crippen LogP contribution in [0, 0.1) is 5.92 Å². The molecule has 4 heteroatoms. The van der Waals surface area contributed by atoms with Gasteiger partial charge in [-0.3, -0.25) is 4.79 Å². The van der Waals surface area contributed by atoms with Gasteiger partial charge in [-0.15, -0.1) is 0 Å². The number of rotatable bonds is 5. The van der Waals surface area contributed by atoms with Crippen LogP contribution >= 0.6 is 0 Å². The van der Waals surface area contributed by atoms with Gasteiger partial charge in [0.2, 0.25) is 5.91 Å². The van der Waals surface area contributed by atoms with Crippen molar-refractivity contribution in [2.45, 2.75) is 58.2 Å². The number of amides is 1. The Hall–Kier alpha value is -0.610. The highest BCUT2D eigenvalue weighted by molar-refractivity contribution is 5.79. The van der Waals surface area contributed by atoms with Crippen LogP contribution in [0.25, 0.3) is 0 Å². The first-order valence-corrected chi connectivity index (χ1v) is 6.65. The second kappa shape index (κ2) is 6.97. The zero-order valence-corrected chi connectivity index (χ0v) is 10.9. The third kappa shape index (κ3) is 5.04. The molecule has 0 aromatic carbocycles. The van der Waals surface area contributed by atoms with E-state index in [2.05, 4.69) is 0 Å². The van der Waals surface area contributed by atoms with Gasteiger partial charge in [-0.05, 0) is 26.7 Å². The first kappa shape index (κ1) is 14.5. The van der Waals surface area contributed by atoms with E-state index < -0.39 is 12.2 Å². The zero-order valence-electron chi connectivity index (χ0n) is 10.9. The second-order valence-corrected chi connectivity index (χ2v) is 5.28. The zero-order chi connectivity index (χ0) is 12.8. The van der Waals surface area contributed by atoms with Crippen molar-refractivity contribution in [1.82, 2.24) is 4.90 Å². The van der Waals surface area contributed by atoms with Crippen molar-refractivity contribution >= 4 is 5.91 Å². The van der Waals surface area contributed by atoms with E-state index in [1.165, 1.54) is 6.42 Å². The highest BCUT2D eigenvalue weighted by Gasteiger charge is 2.27.